The van der Waals surface area contributed by atoms with Crippen LogP contribution in [0.4, 0.5) is 0 Å². The summed E-state index contributed by atoms with van der Waals surface area (Å²) in [5.74, 6) is 0.236. The molecule has 130 valence electrons. The predicted octanol–water partition coefficient (Wildman–Crippen LogP) is 2.46. The molecule has 1 atom stereocenters. The minimum Gasteiger partial charge on any atom is -0.354 e. The standard InChI is InChI=1S/C17H24N4O2S/c1-10(2)9-21-17-12(11(3)20-21)8-14(24-17)16(23)19-13-6-4-5-7-18-15(13)22/h8,10,13H,4-7,9H2,1-3H3,(H,18,22)(H,19,23)/t13-/m0/s1. The highest BCUT2D eigenvalue weighted by Gasteiger charge is 2.24. The highest BCUT2D eigenvalue weighted by molar-refractivity contribution is 7.20. The van der Waals surface area contributed by atoms with Gasteiger partial charge in [-0.15, -0.1) is 11.3 Å². The number of nitrogens with zero attached hydrogens (tertiary/aromatic N) is 2. The fourth-order valence-electron chi connectivity index (χ4n) is 3.00. The van der Waals surface area contributed by atoms with Gasteiger partial charge in [-0.1, -0.05) is 13.8 Å². The number of aromatic nitrogens is 2. The van der Waals surface area contributed by atoms with E-state index in [1.807, 2.05) is 17.7 Å². The zero-order valence-corrected chi connectivity index (χ0v) is 15.2. The molecule has 1 fully saturated rings. The molecule has 0 unspecified atom stereocenters. The molecule has 0 saturated carbocycles. The number of nitrogens with one attached hydrogen (secondary N) is 2. The minimum absolute atomic E-state index is 0.0795. The number of carbonyl (C=O) groups excluding carboxylic acids is 2. The van der Waals surface area contributed by atoms with Gasteiger partial charge in [0, 0.05) is 18.5 Å². The van der Waals surface area contributed by atoms with Crippen LogP contribution in [0.5, 0.6) is 0 Å². The minimum atomic E-state index is -0.432. The Morgan fingerprint density at radius 2 is 2.29 bits per heavy atom. The molecule has 0 bridgehead atoms. The van der Waals surface area contributed by atoms with Crippen LogP contribution in [0.2, 0.25) is 0 Å². The Hall–Kier alpha value is -1.89. The van der Waals surface area contributed by atoms with Crippen molar-refractivity contribution in [1.29, 1.82) is 0 Å². The van der Waals surface area contributed by atoms with E-state index in [-0.39, 0.29) is 11.8 Å². The predicted molar refractivity (Wildman–Crippen MR) is 95.3 cm³/mol. The van der Waals surface area contributed by atoms with Gasteiger partial charge in [-0.05, 0) is 38.2 Å². The van der Waals surface area contributed by atoms with E-state index in [9.17, 15) is 9.59 Å². The van der Waals surface area contributed by atoms with E-state index in [0.717, 1.165) is 35.3 Å². The first kappa shape index (κ1) is 17.0. The Kier molecular flexibility index (Phi) is 4.89. The molecule has 1 aliphatic heterocycles. The number of rotatable bonds is 4. The van der Waals surface area contributed by atoms with Crippen molar-refractivity contribution in [2.75, 3.05) is 6.54 Å². The molecule has 0 aromatic carbocycles. The third-order valence-electron chi connectivity index (χ3n) is 4.21. The van der Waals surface area contributed by atoms with Crippen molar-refractivity contribution in [2.24, 2.45) is 5.92 Å². The largest absolute Gasteiger partial charge is 0.354 e. The van der Waals surface area contributed by atoms with Gasteiger partial charge in [0.05, 0.1) is 10.6 Å². The van der Waals surface area contributed by atoms with Crippen molar-refractivity contribution in [1.82, 2.24) is 20.4 Å². The number of hydrogen-bond acceptors (Lipinski definition) is 4. The van der Waals surface area contributed by atoms with Crippen molar-refractivity contribution < 1.29 is 9.59 Å². The van der Waals surface area contributed by atoms with Crippen LogP contribution < -0.4 is 10.6 Å². The maximum atomic E-state index is 12.6. The molecule has 1 saturated heterocycles. The van der Waals surface area contributed by atoms with E-state index >= 15 is 0 Å². The van der Waals surface area contributed by atoms with Crippen LogP contribution in [0.1, 0.15) is 48.5 Å². The normalized spacial score (nSPS) is 18.7. The lowest BCUT2D eigenvalue weighted by Gasteiger charge is -2.14. The van der Waals surface area contributed by atoms with Crippen LogP contribution in [0, 0.1) is 12.8 Å². The van der Waals surface area contributed by atoms with Gasteiger partial charge in [-0.25, -0.2) is 0 Å². The van der Waals surface area contributed by atoms with E-state index in [2.05, 4.69) is 29.6 Å². The summed E-state index contributed by atoms with van der Waals surface area (Å²) in [6.07, 6.45) is 2.60. The highest BCUT2D eigenvalue weighted by Crippen LogP contribution is 2.29. The van der Waals surface area contributed by atoms with Gasteiger partial charge in [0.25, 0.3) is 5.91 Å². The first-order valence-corrected chi connectivity index (χ1v) is 9.33. The quantitative estimate of drug-likeness (QED) is 0.891. The average molecular weight is 348 g/mol. The molecule has 3 heterocycles. The lowest BCUT2D eigenvalue weighted by molar-refractivity contribution is -0.122. The second kappa shape index (κ2) is 6.93. The summed E-state index contributed by atoms with van der Waals surface area (Å²) in [5.41, 5.74) is 0.938. The Balaban J connectivity index is 1.81. The molecule has 6 nitrogen and oxygen atoms in total. The van der Waals surface area contributed by atoms with Gasteiger partial charge in [-0.2, -0.15) is 5.10 Å². The Labute approximate surface area is 145 Å². The average Bonchev–Trinajstić information content (AvgIpc) is 3.00. The lowest BCUT2D eigenvalue weighted by atomic mass is 10.1. The van der Waals surface area contributed by atoms with E-state index in [1.165, 1.54) is 11.3 Å². The Morgan fingerprint density at radius 1 is 1.50 bits per heavy atom. The summed E-state index contributed by atoms with van der Waals surface area (Å²) >= 11 is 1.45. The van der Waals surface area contributed by atoms with Crippen LogP contribution >= 0.6 is 11.3 Å². The molecule has 0 aliphatic carbocycles. The molecule has 3 rings (SSSR count). The van der Waals surface area contributed by atoms with Crippen LogP contribution in [0.3, 0.4) is 0 Å². The van der Waals surface area contributed by atoms with E-state index in [4.69, 9.17) is 0 Å². The lowest BCUT2D eigenvalue weighted by Crippen LogP contribution is -2.45. The molecule has 2 aromatic rings. The van der Waals surface area contributed by atoms with Crippen molar-refractivity contribution in [3.8, 4) is 0 Å². The van der Waals surface area contributed by atoms with Gasteiger partial charge >= 0.3 is 0 Å². The molecular formula is C17H24N4O2S. The topological polar surface area (TPSA) is 76.0 Å². The van der Waals surface area contributed by atoms with Crippen molar-refractivity contribution in [3.05, 3.63) is 16.6 Å². The van der Waals surface area contributed by atoms with Crippen LogP contribution in [0.25, 0.3) is 10.2 Å². The van der Waals surface area contributed by atoms with E-state index in [1.54, 1.807) is 0 Å². The maximum absolute atomic E-state index is 12.6. The summed E-state index contributed by atoms with van der Waals surface area (Å²) < 4.78 is 1.98. The molecule has 24 heavy (non-hydrogen) atoms. The first-order valence-electron chi connectivity index (χ1n) is 8.51. The van der Waals surface area contributed by atoms with Gasteiger partial charge in [0.1, 0.15) is 10.9 Å². The van der Waals surface area contributed by atoms with Crippen molar-refractivity contribution in [2.45, 2.75) is 52.6 Å². The molecule has 2 amide bonds. The third kappa shape index (κ3) is 3.45. The monoisotopic (exact) mass is 348 g/mol. The number of hydrogen-bond donors (Lipinski definition) is 2. The summed E-state index contributed by atoms with van der Waals surface area (Å²) in [7, 11) is 0. The molecule has 2 aromatic heterocycles. The number of aryl methyl sites for hydroxylation is 1. The fourth-order valence-corrected chi connectivity index (χ4v) is 4.07. The van der Waals surface area contributed by atoms with Gasteiger partial charge in [0.2, 0.25) is 5.91 Å². The zero-order chi connectivity index (χ0) is 17.3. The Bertz CT molecular complexity index is 762. The van der Waals surface area contributed by atoms with Crippen LogP contribution in [-0.2, 0) is 11.3 Å². The summed E-state index contributed by atoms with van der Waals surface area (Å²) in [4.78, 5) is 26.2. The van der Waals surface area contributed by atoms with E-state index in [0.29, 0.717) is 23.8 Å². The second-order valence-corrected chi connectivity index (χ2v) is 7.83. The van der Waals surface area contributed by atoms with Crippen molar-refractivity contribution >= 4 is 33.4 Å². The molecule has 2 N–H and O–H groups in total. The number of amides is 2. The second-order valence-electron chi connectivity index (χ2n) is 6.80. The smallest absolute Gasteiger partial charge is 0.262 e. The first-order chi connectivity index (χ1) is 11.5. The summed E-state index contributed by atoms with van der Waals surface area (Å²) in [6, 6.07) is 1.46. The molecule has 0 spiro atoms. The van der Waals surface area contributed by atoms with Gasteiger partial charge in [0.15, 0.2) is 0 Å². The van der Waals surface area contributed by atoms with Crippen molar-refractivity contribution in [3.63, 3.8) is 0 Å². The molecule has 0 radical (unpaired) electrons. The molecule has 7 heteroatoms. The number of carbonyl (C=O) groups is 2. The number of fused-ring (bicyclic) bond motifs is 1. The Morgan fingerprint density at radius 3 is 3.04 bits per heavy atom. The molecule has 1 aliphatic rings. The molecular weight excluding hydrogens is 324 g/mol. The fraction of sp³-hybridized carbons (Fsp3) is 0.588. The SMILES string of the molecule is Cc1nn(CC(C)C)c2sc(C(=O)N[C@H]3CCCCNC3=O)cc12. The highest BCUT2D eigenvalue weighted by atomic mass is 32.1. The van der Waals surface area contributed by atoms with E-state index < -0.39 is 6.04 Å². The summed E-state index contributed by atoms with van der Waals surface area (Å²) in [5, 5.41) is 11.3. The summed E-state index contributed by atoms with van der Waals surface area (Å²) in [6.45, 7) is 7.78. The maximum Gasteiger partial charge on any atom is 0.262 e. The van der Waals surface area contributed by atoms with Crippen LogP contribution in [0.15, 0.2) is 6.07 Å². The number of thiophene rings is 1. The zero-order valence-electron chi connectivity index (χ0n) is 14.4. The third-order valence-corrected chi connectivity index (χ3v) is 5.36. The van der Waals surface area contributed by atoms with Crippen LogP contribution in [-0.4, -0.2) is 34.2 Å². The van der Waals surface area contributed by atoms with Gasteiger partial charge in [-0.3, -0.25) is 14.3 Å². The van der Waals surface area contributed by atoms with Gasteiger partial charge < -0.3 is 10.6 Å².